The quantitative estimate of drug-likeness (QED) is 0.421. The molecule has 9 heteroatoms. The number of rotatable bonds is 10. The molecule has 2 aromatic carbocycles. The molecule has 3 aromatic rings. The first-order valence-electron chi connectivity index (χ1n) is 10.7. The molecule has 3 rings (SSSR count). The Balaban J connectivity index is 1.98. The summed E-state index contributed by atoms with van der Waals surface area (Å²) in [4.78, 5) is 43.1. The van der Waals surface area contributed by atoms with Crippen LogP contribution in [0.5, 0.6) is 0 Å². The monoisotopic (exact) mass is 499 g/mol. The molecule has 0 saturated carbocycles. The fourth-order valence-corrected chi connectivity index (χ4v) is 4.70. The minimum atomic E-state index is -1.24. The average Bonchev–Trinajstić information content (AvgIpc) is 3.32. The van der Waals surface area contributed by atoms with Crippen LogP contribution in [0.1, 0.15) is 42.6 Å². The first kappa shape index (κ1) is 25.4. The first-order valence-corrected chi connectivity index (χ1v) is 11.9. The predicted molar refractivity (Wildman–Crippen MR) is 133 cm³/mol. The number of nitrogens with zero attached hydrogens (tertiary/aromatic N) is 2. The molecule has 0 aliphatic carbocycles. The number of hydrogen-bond acceptors (Lipinski definition) is 5. The maximum absolute atomic E-state index is 13.7. The van der Waals surface area contributed by atoms with Gasteiger partial charge in [-0.25, -0.2) is 9.78 Å². The van der Waals surface area contributed by atoms with Crippen LogP contribution in [0.2, 0.25) is 5.02 Å². The van der Waals surface area contributed by atoms with Gasteiger partial charge in [0.2, 0.25) is 5.91 Å². The number of hydrogen-bond donors (Lipinski definition) is 2. The van der Waals surface area contributed by atoms with Gasteiger partial charge in [0.15, 0.2) is 0 Å². The zero-order chi connectivity index (χ0) is 24.9. The lowest BCUT2D eigenvalue weighted by molar-refractivity contribution is -0.144. The molecule has 0 bridgehead atoms. The van der Waals surface area contributed by atoms with Crippen LogP contribution < -0.4 is 5.73 Å². The molecule has 178 valence electrons. The van der Waals surface area contributed by atoms with E-state index in [0.717, 1.165) is 16.1 Å². The molecule has 0 aliphatic rings. The van der Waals surface area contributed by atoms with Crippen molar-refractivity contribution < 1.29 is 19.5 Å². The molecule has 0 spiro atoms. The largest absolute Gasteiger partial charge is 0.480 e. The number of amides is 2. The molecule has 0 aliphatic heterocycles. The smallest absolute Gasteiger partial charge is 0.326 e. The third-order valence-electron chi connectivity index (χ3n) is 5.49. The highest BCUT2D eigenvalue weighted by molar-refractivity contribution is 7.13. The molecular formula is C25H26ClN3O4S. The van der Waals surface area contributed by atoms with E-state index in [0.29, 0.717) is 17.0 Å². The van der Waals surface area contributed by atoms with E-state index in [9.17, 15) is 19.5 Å². The van der Waals surface area contributed by atoms with Crippen molar-refractivity contribution in [3.8, 4) is 10.6 Å². The second-order valence-corrected chi connectivity index (χ2v) is 9.90. The topological polar surface area (TPSA) is 114 Å². The van der Waals surface area contributed by atoms with Crippen molar-refractivity contribution in [2.24, 2.45) is 5.73 Å². The van der Waals surface area contributed by atoms with Crippen LogP contribution in [0.3, 0.4) is 0 Å². The van der Waals surface area contributed by atoms with Crippen molar-refractivity contribution in [2.75, 3.05) is 0 Å². The van der Waals surface area contributed by atoms with Crippen LogP contribution in [0.4, 0.5) is 0 Å². The van der Waals surface area contributed by atoms with Gasteiger partial charge in [-0.3, -0.25) is 9.59 Å². The van der Waals surface area contributed by atoms with Crippen LogP contribution in [-0.4, -0.2) is 44.4 Å². The standard InChI is InChI=1S/C25H26ClN3O4S/c1-25(2,15-16-3-9-19(26)10-4-16)29(20(24(32)33)11-12-21(27)30)23(31)18-7-5-17(6-8-18)22-28-13-14-34-22/h3-10,13-14,20H,11-12,15H2,1-2H3,(H2,27,30)(H,32,33)/t20-/m0/s1. The Morgan fingerprint density at radius 1 is 1.12 bits per heavy atom. The highest BCUT2D eigenvalue weighted by Gasteiger charge is 2.40. The van der Waals surface area contributed by atoms with E-state index >= 15 is 0 Å². The molecule has 7 nitrogen and oxygen atoms in total. The summed E-state index contributed by atoms with van der Waals surface area (Å²) in [6, 6.07) is 12.8. The van der Waals surface area contributed by atoms with Crippen molar-refractivity contribution in [1.82, 2.24) is 9.88 Å². The number of carboxylic acid groups (broad SMARTS) is 1. The van der Waals surface area contributed by atoms with Gasteiger partial charge in [-0.1, -0.05) is 35.9 Å². The fraction of sp³-hybridized carbons (Fsp3) is 0.280. The highest BCUT2D eigenvalue weighted by atomic mass is 35.5. The van der Waals surface area contributed by atoms with Crippen molar-refractivity contribution >= 4 is 40.7 Å². The minimum Gasteiger partial charge on any atom is -0.480 e. The highest BCUT2D eigenvalue weighted by Crippen LogP contribution is 2.29. The molecule has 34 heavy (non-hydrogen) atoms. The number of aromatic nitrogens is 1. The minimum absolute atomic E-state index is 0.0857. The van der Waals surface area contributed by atoms with Crippen LogP contribution in [0.25, 0.3) is 10.6 Å². The Hall–Kier alpha value is -3.23. The second kappa shape index (κ2) is 10.8. The zero-order valence-corrected chi connectivity index (χ0v) is 20.5. The van der Waals surface area contributed by atoms with E-state index in [2.05, 4.69) is 4.98 Å². The summed E-state index contributed by atoms with van der Waals surface area (Å²) in [6.45, 7) is 3.62. The maximum atomic E-state index is 13.7. The van der Waals surface area contributed by atoms with E-state index in [-0.39, 0.29) is 12.8 Å². The third-order valence-corrected chi connectivity index (χ3v) is 6.57. The van der Waals surface area contributed by atoms with Gasteiger partial charge in [-0.05, 0) is 56.5 Å². The van der Waals surface area contributed by atoms with Crippen molar-refractivity contribution in [1.29, 1.82) is 0 Å². The Labute approximate surface area is 207 Å². The number of aliphatic carboxylic acids is 1. The molecule has 1 heterocycles. The maximum Gasteiger partial charge on any atom is 0.326 e. The summed E-state index contributed by atoms with van der Waals surface area (Å²) in [7, 11) is 0. The van der Waals surface area contributed by atoms with Crippen LogP contribution in [-0.2, 0) is 16.0 Å². The van der Waals surface area contributed by atoms with Gasteiger partial charge in [0.05, 0.1) is 0 Å². The SMILES string of the molecule is CC(C)(Cc1ccc(Cl)cc1)N(C(=O)c1ccc(-c2nccs2)cc1)[C@@H](CCC(N)=O)C(=O)O. The number of carboxylic acids is 1. The molecule has 3 N–H and O–H groups in total. The van der Waals surface area contributed by atoms with E-state index in [1.165, 1.54) is 16.2 Å². The van der Waals surface area contributed by atoms with E-state index < -0.39 is 29.4 Å². The third kappa shape index (κ3) is 6.21. The van der Waals surface area contributed by atoms with Gasteiger partial charge in [0.1, 0.15) is 11.0 Å². The Bertz CT molecular complexity index is 1150. The van der Waals surface area contributed by atoms with Crippen LogP contribution in [0.15, 0.2) is 60.1 Å². The normalized spacial score (nSPS) is 12.2. The van der Waals surface area contributed by atoms with Crippen molar-refractivity contribution in [3.63, 3.8) is 0 Å². The summed E-state index contributed by atoms with van der Waals surface area (Å²) < 4.78 is 0. The summed E-state index contributed by atoms with van der Waals surface area (Å²) in [5, 5.41) is 13.3. The van der Waals surface area contributed by atoms with Gasteiger partial charge in [-0.15, -0.1) is 11.3 Å². The number of thiazole rings is 1. The second-order valence-electron chi connectivity index (χ2n) is 8.56. The summed E-state index contributed by atoms with van der Waals surface area (Å²) in [6.07, 6.45) is 1.85. The number of primary amides is 1. The summed E-state index contributed by atoms with van der Waals surface area (Å²) in [5.41, 5.74) is 6.48. The molecular weight excluding hydrogens is 474 g/mol. The predicted octanol–water partition coefficient (Wildman–Crippen LogP) is 4.65. The number of nitrogens with two attached hydrogens (primary N) is 1. The Morgan fingerprint density at radius 2 is 1.76 bits per heavy atom. The first-order chi connectivity index (χ1) is 16.1. The number of benzene rings is 2. The lowest BCUT2D eigenvalue weighted by atomic mass is 9.89. The number of halogens is 1. The van der Waals surface area contributed by atoms with Crippen molar-refractivity contribution in [2.45, 2.75) is 44.7 Å². The van der Waals surface area contributed by atoms with Gasteiger partial charge in [0.25, 0.3) is 5.91 Å². The van der Waals surface area contributed by atoms with E-state index in [1.54, 1.807) is 42.6 Å². The van der Waals surface area contributed by atoms with E-state index in [1.807, 2.05) is 31.4 Å². The molecule has 0 unspecified atom stereocenters. The molecule has 0 radical (unpaired) electrons. The Kier molecular flexibility index (Phi) is 8.06. The average molecular weight is 500 g/mol. The van der Waals surface area contributed by atoms with Crippen LogP contribution >= 0.6 is 22.9 Å². The lowest BCUT2D eigenvalue weighted by Crippen LogP contribution is -2.57. The summed E-state index contributed by atoms with van der Waals surface area (Å²) in [5.74, 6) is -2.26. The van der Waals surface area contributed by atoms with E-state index in [4.69, 9.17) is 17.3 Å². The lowest BCUT2D eigenvalue weighted by Gasteiger charge is -2.42. The summed E-state index contributed by atoms with van der Waals surface area (Å²) >= 11 is 7.48. The van der Waals surface area contributed by atoms with Crippen LogP contribution in [0, 0.1) is 0 Å². The van der Waals surface area contributed by atoms with Gasteiger partial charge >= 0.3 is 5.97 Å². The molecule has 1 atom stereocenters. The number of carbonyl (C=O) groups excluding carboxylic acids is 2. The van der Waals surface area contributed by atoms with Gasteiger partial charge in [0, 0.05) is 39.7 Å². The van der Waals surface area contributed by atoms with Crippen molar-refractivity contribution in [3.05, 3.63) is 76.3 Å². The van der Waals surface area contributed by atoms with Gasteiger partial charge in [-0.2, -0.15) is 0 Å². The molecule has 0 saturated heterocycles. The molecule has 2 amide bonds. The molecule has 1 aromatic heterocycles. The fourth-order valence-electron chi connectivity index (χ4n) is 3.93. The zero-order valence-electron chi connectivity index (χ0n) is 18.9. The number of carbonyl (C=O) groups is 3. The Morgan fingerprint density at radius 3 is 2.29 bits per heavy atom. The van der Waals surface area contributed by atoms with Gasteiger partial charge < -0.3 is 15.7 Å². The molecule has 0 fully saturated rings.